The van der Waals surface area contributed by atoms with E-state index in [1.54, 1.807) is 0 Å². The van der Waals surface area contributed by atoms with Crippen molar-refractivity contribution in [3.63, 3.8) is 0 Å². The number of hydrogen-bond donors (Lipinski definition) is 3. The highest BCUT2D eigenvalue weighted by Gasteiger charge is 2.38. The summed E-state index contributed by atoms with van der Waals surface area (Å²) in [6.07, 6.45) is 5.75. The second-order valence-corrected chi connectivity index (χ2v) is 6.02. The van der Waals surface area contributed by atoms with Gasteiger partial charge in [-0.1, -0.05) is 12.8 Å². The number of aliphatic hydroxyl groups excluding tert-OH is 1. The predicted molar refractivity (Wildman–Crippen MR) is 79.0 cm³/mol. The molecule has 0 aromatic heterocycles. The van der Waals surface area contributed by atoms with Gasteiger partial charge in [-0.25, -0.2) is 9.59 Å². The number of rotatable bonds is 8. The monoisotopic (exact) mass is 304 g/mol. The number of β-amino-alcohol motifs (C(OH)–C–C–N with tert-alkyl or cyclic N) is 1. The van der Waals surface area contributed by atoms with Crippen LogP contribution in [0.2, 0.25) is 0 Å². The number of aliphatic carboxylic acids is 1. The Labute approximate surface area is 123 Å². The number of carbonyl (C=O) groups is 2. The first-order chi connectivity index (χ1) is 9.56. The van der Waals surface area contributed by atoms with Crippen molar-refractivity contribution in [3.05, 3.63) is 0 Å². The second kappa shape index (κ2) is 9.07. The molecule has 0 aromatic carbocycles. The lowest BCUT2D eigenvalue weighted by atomic mass is 10.2. The molecule has 0 saturated carbocycles. The molecule has 1 heterocycles. The maximum absolute atomic E-state index is 11.9. The fourth-order valence-electron chi connectivity index (χ4n) is 2.29. The predicted octanol–water partition coefficient (Wildman–Crippen LogP) is 1.14. The minimum absolute atomic E-state index is 0.0938. The summed E-state index contributed by atoms with van der Waals surface area (Å²) in [5.41, 5.74) is 0. The summed E-state index contributed by atoms with van der Waals surface area (Å²) in [5, 5.41) is 21.2. The molecule has 0 unspecified atom stereocenters. The van der Waals surface area contributed by atoms with E-state index in [2.05, 4.69) is 11.6 Å². The quantitative estimate of drug-likeness (QED) is 0.585. The number of urea groups is 1. The minimum Gasteiger partial charge on any atom is -0.480 e. The minimum atomic E-state index is -1.06. The molecule has 116 valence electrons. The Bertz CT molecular complexity index is 327. The summed E-state index contributed by atoms with van der Waals surface area (Å²) >= 11 is 1.83. The number of carboxylic acids is 1. The molecule has 3 N–H and O–H groups in total. The van der Waals surface area contributed by atoms with Crippen LogP contribution in [0.15, 0.2) is 0 Å². The topological polar surface area (TPSA) is 89.9 Å². The number of hydrogen-bond acceptors (Lipinski definition) is 4. The third-order valence-electron chi connectivity index (χ3n) is 3.38. The zero-order valence-corrected chi connectivity index (χ0v) is 12.7. The molecule has 2 atom stereocenters. The molecule has 1 fully saturated rings. The molecule has 2 amide bonds. The average molecular weight is 304 g/mol. The molecule has 0 spiro atoms. The Kier molecular flexibility index (Phi) is 7.76. The molecule has 1 aliphatic rings. The van der Waals surface area contributed by atoms with Crippen molar-refractivity contribution in [2.24, 2.45) is 0 Å². The Morgan fingerprint density at radius 2 is 2.00 bits per heavy atom. The highest BCUT2D eigenvalue weighted by atomic mass is 32.2. The van der Waals surface area contributed by atoms with Gasteiger partial charge in [0.15, 0.2) is 0 Å². The van der Waals surface area contributed by atoms with Crippen LogP contribution in [0.3, 0.4) is 0 Å². The molecule has 1 rings (SSSR count). The molecule has 0 aromatic rings. The molecule has 20 heavy (non-hydrogen) atoms. The lowest BCUT2D eigenvalue weighted by molar-refractivity contribution is -0.141. The molecule has 7 heteroatoms. The fourth-order valence-corrected chi connectivity index (χ4v) is 2.79. The third kappa shape index (κ3) is 5.58. The van der Waals surface area contributed by atoms with Crippen molar-refractivity contribution >= 4 is 23.8 Å². The lowest BCUT2D eigenvalue weighted by Crippen LogP contribution is -2.46. The zero-order valence-electron chi connectivity index (χ0n) is 11.9. The van der Waals surface area contributed by atoms with Crippen LogP contribution in [-0.4, -0.2) is 64.4 Å². The molecule has 0 radical (unpaired) electrons. The van der Waals surface area contributed by atoms with E-state index in [1.807, 2.05) is 11.8 Å². The van der Waals surface area contributed by atoms with Gasteiger partial charge in [0, 0.05) is 19.5 Å². The van der Waals surface area contributed by atoms with E-state index >= 15 is 0 Å². The number of likely N-dealkylation sites (tertiary alicyclic amines) is 1. The number of nitrogens with zero attached hydrogens (tertiary/aromatic N) is 1. The molecular weight excluding hydrogens is 280 g/mol. The van der Waals surface area contributed by atoms with Gasteiger partial charge in [0.1, 0.15) is 6.04 Å². The van der Waals surface area contributed by atoms with E-state index in [-0.39, 0.29) is 13.0 Å². The van der Waals surface area contributed by atoms with E-state index in [0.717, 1.165) is 25.0 Å². The number of unbranched alkanes of at least 4 members (excludes halogenated alkanes) is 3. The van der Waals surface area contributed by atoms with Crippen LogP contribution in [0.1, 0.15) is 32.1 Å². The molecule has 6 nitrogen and oxygen atoms in total. The number of carboxylic acid groups (broad SMARTS) is 1. The van der Waals surface area contributed by atoms with E-state index in [4.69, 9.17) is 5.11 Å². The normalized spacial score (nSPS) is 22.0. The Morgan fingerprint density at radius 3 is 2.65 bits per heavy atom. The molecule has 1 saturated heterocycles. The second-order valence-electron chi connectivity index (χ2n) is 5.03. The van der Waals surface area contributed by atoms with Gasteiger partial charge in [-0.3, -0.25) is 0 Å². The number of carbonyl (C=O) groups excluding carboxylic acids is 1. The van der Waals surface area contributed by atoms with Crippen molar-refractivity contribution < 1.29 is 19.8 Å². The molecular formula is C13H24N2O4S. The van der Waals surface area contributed by atoms with Crippen molar-refractivity contribution in [2.75, 3.05) is 25.1 Å². The smallest absolute Gasteiger partial charge is 0.326 e. The molecule has 0 aliphatic carbocycles. The summed E-state index contributed by atoms with van der Waals surface area (Å²) in [6, 6.07) is -1.30. The maximum atomic E-state index is 11.9. The van der Waals surface area contributed by atoms with Gasteiger partial charge in [-0.2, -0.15) is 11.8 Å². The maximum Gasteiger partial charge on any atom is 0.326 e. The SMILES string of the molecule is CSCCCCCCNC(=O)N1C[C@H](O)C[C@@H]1C(=O)O. The van der Waals surface area contributed by atoms with Gasteiger partial charge in [0.05, 0.1) is 6.10 Å². The van der Waals surface area contributed by atoms with Gasteiger partial charge in [0.25, 0.3) is 0 Å². The number of aliphatic hydroxyl groups is 1. The van der Waals surface area contributed by atoms with Crippen molar-refractivity contribution in [2.45, 2.75) is 44.2 Å². The van der Waals surface area contributed by atoms with Crippen molar-refractivity contribution in [3.8, 4) is 0 Å². The summed E-state index contributed by atoms with van der Waals surface area (Å²) in [5.74, 6) is 0.104. The van der Waals surface area contributed by atoms with Crippen LogP contribution < -0.4 is 5.32 Å². The van der Waals surface area contributed by atoms with Crippen LogP contribution in [0, 0.1) is 0 Å². The Morgan fingerprint density at radius 1 is 1.30 bits per heavy atom. The largest absolute Gasteiger partial charge is 0.480 e. The first-order valence-corrected chi connectivity index (χ1v) is 8.40. The van der Waals surface area contributed by atoms with Gasteiger partial charge in [0.2, 0.25) is 0 Å². The van der Waals surface area contributed by atoms with Crippen LogP contribution in [0.4, 0.5) is 4.79 Å². The van der Waals surface area contributed by atoms with Crippen LogP contribution in [-0.2, 0) is 4.79 Å². The summed E-state index contributed by atoms with van der Waals surface area (Å²) in [4.78, 5) is 24.1. The standard InChI is InChI=1S/C13H24N2O4S/c1-20-7-5-3-2-4-6-14-13(19)15-9-10(16)8-11(15)12(17)18/h10-11,16H,2-9H2,1H3,(H,14,19)(H,17,18)/t10-,11-/m1/s1. The van der Waals surface area contributed by atoms with E-state index in [9.17, 15) is 14.7 Å². The Hall–Kier alpha value is -0.950. The van der Waals surface area contributed by atoms with Gasteiger partial charge < -0.3 is 20.4 Å². The molecule has 0 bridgehead atoms. The van der Waals surface area contributed by atoms with Gasteiger partial charge >= 0.3 is 12.0 Å². The van der Waals surface area contributed by atoms with E-state index in [1.165, 1.54) is 11.3 Å². The van der Waals surface area contributed by atoms with Crippen molar-refractivity contribution in [1.29, 1.82) is 0 Å². The fraction of sp³-hybridized carbons (Fsp3) is 0.846. The van der Waals surface area contributed by atoms with Crippen molar-refractivity contribution in [1.82, 2.24) is 10.2 Å². The summed E-state index contributed by atoms with van der Waals surface area (Å²) < 4.78 is 0. The number of nitrogens with one attached hydrogen (secondary N) is 1. The average Bonchev–Trinajstić information content (AvgIpc) is 2.80. The van der Waals surface area contributed by atoms with E-state index in [0.29, 0.717) is 6.54 Å². The zero-order chi connectivity index (χ0) is 15.0. The van der Waals surface area contributed by atoms with Crippen LogP contribution in [0.5, 0.6) is 0 Å². The summed E-state index contributed by atoms with van der Waals surface area (Å²) in [6.45, 7) is 0.646. The first-order valence-electron chi connectivity index (χ1n) is 7.00. The number of amides is 2. The Balaban J connectivity index is 2.20. The molecule has 1 aliphatic heterocycles. The third-order valence-corrected chi connectivity index (χ3v) is 4.07. The first kappa shape index (κ1) is 17.1. The van der Waals surface area contributed by atoms with Crippen LogP contribution >= 0.6 is 11.8 Å². The van der Waals surface area contributed by atoms with Gasteiger partial charge in [-0.15, -0.1) is 0 Å². The van der Waals surface area contributed by atoms with E-state index < -0.39 is 24.1 Å². The van der Waals surface area contributed by atoms with Gasteiger partial charge in [-0.05, 0) is 24.9 Å². The summed E-state index contributed by atoms with van der Waals surface area (Å²) in [7, 11) is 0. The highest BCUT2D eigenvalue weighted by Crippen LogP contribution is 2.18. The lowest BCUT2D eigenvalue weighted by Gasteiger charge is -2.21. The highest BCUT2D eigenvalue weighted by molar-refractivity contribution is 7.98. The van der Waals surface area contributed by atoms with Crippen LogP contribution in [0.25, 0.3) is 0 Å². The number of thioether (sulfide) groups is 1.